The first-order valence-corrected chi connectivity index (χ1v) is 15.2. The zero-order valence-electron chi connectivity index (χ0n) is 22.4. The second-order valence-electron chi connectivity index (χ2n) is 9.51. The molecule has 0 heterocycles. The quantitative estimate of drug-likeness (QED) is 0.286. The molecular formula is C30H36ClN3O4S. The smallest absolute Gasteiger partial charge is 0.243 e. The van der Waals surface area contributed by atoms with Gasteiger partial charge >= 0.3 is 0 Å². The number of halogens is 1. The van der Waals surface area contributed by atoms with Crippen molar-refractivity contribution in [3.8, 4) is 0 Å². The molecule has 0 saturated carbocycles. The van der Waals surface area contributed by atoms with Crippen molar-refractivity contribution in [3.63, 3.8) is 0 Å². The number of carbonyl (C=O) groups excluding carboxylic acids is 2. The predicted octanol–water partition coefficient (Wildman–Crippen LogP) is 4.66. The lowest BCUT2D eigenvalue weighted by Gasteiger charge is -2.33. The first-order chi connectivity index (χ1) is 18.7. The fraction of sp³-hybridized carbons (Fsp3) is 0.333. The number of nitrogens with one attached hydrogen (secondary N) is 1. The van der Waals surface area contributed by atoms with Gasteiger partial charge < -0.3 is 10.2 Å². The average Bonchev–Trinajstić information content (AvgIpc) is 2.92. The molecule has 3 rings (SSSR count). The van der Waals surface area contributed by atoms with E-state index in [0.29, 0.717) is 11.6 Å². The highest BCUT2D eigenvalue weighted by Crippen LogP contribution is 2.18. The predicted molar refractivity (Wildman–Crippen MR) is 156 cm³/mol. The lowest BCUT2D eigenvalue weighted by molar-refractivity contribution is -0.141. The van der Waals surface area contributed by atoms with Crippen molar-refractivity contribution in [2.24, 2.45) is 0 Å². The fourth-order valence-electron chi connectivity index (χ4n) is 4.17. The van der Waals surface area contributed by atoms with E-state index in [1.54, 1.807) is 24.3 Å². The molecule has 7 nitrogen and oxygen atoms in total. The number of amides is 2. The van der Waals surface area contributed by atoms with Crippen LogP contribution in [0.15, 0.2) is 84.9 Å². The van der Waals surface area contributed by atoms with Crippen molar-refractivity contribution in [3.05, 3.63) is 107 Å². The molecule has 0 spiro atoms. The van der Waals surface area contributed by atoms with Crippen LogP contribution in [0.5, 0.6) is 0 Å². The lowest BCUT2D eigenvalue weighted by atomic mass is 10.0. The second-order valence-corrected chi connectivity index (χ2v) is 11.9. The summed E-state index contributed by atoms with van der Waals surface area (Å²) in [5, 5.41) is 3.53. The molecule has 0 aliphatic carbocycles. The molecule has 39 heavy (non-hydrogen) atoms. The summed E-state index contributed by atoms with van der Waals surface area (Å²) in [6.07, 6.45) is 3.11. The molecule has 0 aliphatic rings. The van der Waals surface area contributed by atoms with E-state index in [4.69, 9.17) is 11.6 Å². The van der Waals surface area contributed by atoms with Gasteiger partial charge in [0, 0.05) is 31.1 Å². The summed E-state index contributed by atoms with van der Waals surface area (Å²) >= 11 is 6.08. The van der Waals surface area contributed by atoms with Gasteiger partial charge in [-0.1, -0.05) is 97.7 Å². The molecule has 208 valence electrons. The summed E-state index contributed by atoms with van der Waals surface area (Å²) in [6, 6.07) is 24.8. The number of hydrogen-bond acceptors (Lipinski definition) is 4. The molecule has 0 fully saturated rings. The first kappa shape index (κ1) is 30.3. The third-order valence-electron chi connectivity index (χ3n) is 6.35. The van der Waals surface area contributed by atoms with Gasteiger partial charge in [0.1, 0.15) is 6.04 Å². The number of hydrogen-bond donors (Lipinski definition) is 1. The first-order valence-electron chi connectivity index (χ1n) is 13.0. The Kier molecular flexibility index (Phi) is 11.5. The van der Waals surface area contributed by atoms with E-state index >= 15 is 0 Å². The molecule has 0 saturated heterocycles. The summed E-state index contributed by atoms with van der Waals surface area (Å²) in [4.78, 5) is 29.0. The van der Waals surface area contributed by atoms with Gasteiger partial charge in [-0.2, -0.15) is 4.31 Å². The van der Waals surface area contributed by atoms with Crippen LogP contribution >= 0.6 is 11.6 Å². The SMILES string of the molecule is CCCCNC(=O)[C@H](Cc1ccccc1)N(Cc1ccc(Cl)cc1)C(=O)CN(Cc1ccccc1)S(C)(=O)=O. The Morgan fingerprint density at radius 1 is 0.846 bits per heavy atom. The topological polar surface area (TPSA) is 86.8 Å². The van der Waals surface area contributed by atoms with Crippen LogP contribution < -0.4 is 5.32 Å². The molecule has 0 unspecified atom stereocenters. The Hall–Kier alpha value is -3.20. The third kappa shape index (κ3) is 9.80. The van der Waals surface area contributed by atoms with Crippen LogP contribution in [0.1, 0.15) is 36.5 Å². The maximum absolute atomic E-state index is 13.9. The number of unbranched alkanes of at least 4 members (excludes halogenated alkanes) is 1. The maximum atomic E-state index is 13.9. The van der Waals surface area contributed by atoms with Gasteiger partial charge in [-0.15, -0.1) is 0 Å². The van der Waals surface area contributed by atoms with E-state index < -0.39 is 28.5 Å². The van der Waals surface area contributed by atoms with Crippen molar-refractivity contribution in [2.45, 2.75) is 45.3 Å². The molecule has 0 bridgehead atoms. The lowest BCUT2D eigenvalue weighted by Crippen LogP contribution is -2.53. The number of benzene rings is 3. The van der Waals surface area contributed by atoms with Crippen molar-refractivity contribution >= 4 is 33.4 Å². The second kappa shape index (κ2) is 14.8. The van der Waals surface area contributed by atoms with E-state index in [1.807, 2.05) is 67.6 Å². The standard InChI is InChI=1S/C30H36ClN3O4S/c1-3-4-19-32-30(36)28(20-24-11-7-5-8-12-24)34(22-26-15-17-27(31)18-16-26)29(35)23-33(39(2,37)38)21-25-13-9-6-10-14-25/h5-18,28H,3-4,19-23H2,1-2H3,(H,32,36)/t28-/m0/s1. The molecule has 2 amide bonds. The van der Waals surface area contributed by atoms with E-state index in [2.05, 4.69) is 5.32 Å². The normalized spacial score (nSPS) is 12.2. The van der Waals surface area contributed by atoms with Crippen LogP contribution in [0.25, 0.3) is 0 Å². The Bertz CT molecular complexity index is 1300. The van der Waals surface area contributed by atoms with Crippen LogP contribution in [0.3, 0.4) is 0 Å². The van der Waals surface area contributed by atoms with Gasteiger partial charge in [0.2, 0.25) is 21.8 Å². The monoisotopic (exact) mass is 569 g/mol. The van der Waals surface area contributed by atoms with E-state index in [1.165, 1.54) is 4.90 Å². The molecule has 0 aromatic heterocycles. The zero-order valence-corrected chi connectivity index (χ0v) is 24.0. The average molecular weight is 570 g/mol. The molecule has 0 aliphatic heterocycles. The Morgan fingerprint density at radius 2 is 1.41 bits per heavy atom. The van der Waals surface area contributed by atoms with E-state index in [-0.39, 0.29) is 25.4 Å². The molecular weight excluding hydrogens is 534 g/mol. The Labute approximate surface area is 236 Å². The maximum Gasteiger partial charge on any atom is 0.243 e. The van der Waals surface area contributed by atoms with Crippen LogP contribution in [-0.2, 0) is 39.1 Å². The van der Waals surface area contributed by atoms with Gasteiger partial charge in [-0.25, -0.2) is 8.42 Å². The van der Waals surface area contributed by atoms with Gasteiger partial charge in [-0.05, 0) is 35.2 Å². The number of rotatable bonds is 14. The summed E-state index contributed by atoms with van der Waals surface area (Å²) in [5.41, 5.74) is 2.44. The van der Waals surface area contributed by atoms with Gasteiger partial charge in [0.15, 0.2) is 0 Å². The van der Waals surface area contributed by atoms with Crippen molar-refractivity contribution in [1.82, 2.24) is 14.5 Å². The molecule has 0 radical (unpaired) electrons. The third-order valence-corrected chi connectivity index (χ3v) is 7.80. The van der Waals surface area contributed by atoms with Gasteiger partial charge in [-0.3, -0.25) is 9.59 Å². The highest BCUT2D eigenvalue weighted by atomic mass is 35.5. The summed E-state index contributed by atoms with van der Waals surface area (Å²) in [7, 11) is -3.72. The van der Waals surface area contributed by atoms with Crippen LogP contribution in [0, 0.1) is 0 Å². The number of sulfonamides is 1. The van der Waals surface area contributed by atoms with E-state index in [0.717, 1.165) is 40.1 Å². The minimum atomic E-state index is -3.72. The fourth-order valence-corrected chi connectivity index (χ4v) is 5.02. The Balaban J connectivity index is 1.97. The highest BCUT2D eigenvalue weighted by molar-refractivity contribution is 7.88. The van der Waals surface area contributed by atoms with E-state index in [9.17, 15) is 18.0 Å². The molecule has 1 N–H and O–H groups in total. The molecule has 3 aromatic rings. The molecule has 9 heteroatoms. The number of nitrogens with zero attached hydrogens (tertiary/aromatic N) is 2. The minimum Gasteiger partial charge on any atom is -0.354 e. The van der Waals surface area contributed by atoms with Crippen LogP contribution in [-0.4, -0.2) is 54.8 Å². The van der Waals surface area contributed by atoms with Crippen LogP contribution in [0.2, 0.25) is 5.02 Å². The minimum absolute atomic E-state index is 0.0479. The summed E-state index contributed by atoms with van der Waals surface area (Å²) < 4.78 is 26.6. The highest BCUT2D eigenvalue weighted by Gasteiger charge is 2.32. The van der Waals surface area contributed by atoms with Gasteiger partial charge in [0.05, 0.1) is 12.8 Å². The molecule has 1 atom stereocenters. The van der Waals surface area contributed by atoms with Gasteiger partial charge in [0.25, 0.3) is 0 Å². The largest absolute Gasteiger partial charge is 0.354 e. The summed E-state index contributed by atoms with van der Waals surface area (Å²) in [5.74, 6) is -0.735. The summed E-state index contributed by atoms with van der Waals surface area (Å²) in [6.45, 7) is 2.31. The Morgan fingerprint density at radius 3 is 1.97 bits per heavy atom. The molecule has 3 aromatic carbocycles. The number of carbonyl (C=O) groups is 2. The zero-order chi connectivity index (χ0) is 28.3. The van der Waals surface area contributed by atoms with Crippen molar-refractivity contribution in [2.75, 3.05) is 19.3 Å². The van der Waals surface area contributed by atoms with Crippen molar-refractivity contribution < 1.29 is 18.0 Å². The van der Waals surface area contributed by atoms with Crippen LogP contribution in [0.4, 0.5) is 0 Å². The van der Waals surface area contributed by atoms with Crippen molar-refractivity contribution in [1.29, 1.82) is 0 Å².